The molecule has 0 aromatic carbocycles. The van der Waals surface area contributed by atoms with Crippen molar-refractivity contribution in [2.45, 2.75) is 33.2 Å². The van der Waals surface area contributed by atoms with Gasteiger partial charge in [-0.15, -0.1) is 0 Å². The molecule has 0 bridgehead atoms. The molecule has 0 rings (SSSR count). The number of carbonyl (C=O) groups excluding carboxylic acids is 1. The molecule has 0 aromatic rings. The van der Waals surface area contributed by atoms with Crippen LogP contribution in [-0.2, 0) is 4.79 Å². The summed E-state index contributed by atoms with van der Waals surface area (Å²) in [5, 5.41) is 2.72. The van der Waals surface area contributed by atoms with Crippen LogP contribution in [-0.4, -0.2) is 18.5 Å². The number of hydrogen-bond acceptors (Lipinski definition) is 2. The largest absolute Gasteiger partial charge is 0.351 e. The standard InChI is InChI=1S/C10H20N2O/c1-7(2)5-9(11)10(13)12-6-8(3)4/h7,9H,3,5-6,11H2,1-2,4H3,(H,12,13)/t9-/m1/s1. The molecule has 13 heavy (non-hydrogen) atoms. The van der Waals surface area contributed by atoms with Crippen LogP contribution in [0, 0.1) is 5.92 Å². The average Bonchev–Trinajstić information content (AvgIpc) is 1.98. The van der Waals surface area contributed by atoms with Crippen LogP contribution in [0.25, 0.3) is 0 Å². The lowest BCUT2D eigenvalue weighted by molar-refractivity contribution is -0.122. The first-order valence-electron chi connectivity index (χ1n) is 4.61. The van der Waals surface area contributed by atoms with Crippen LogP contribution >= 0.6 is 0 Å². The van der Waals surface area contributed by atoms with E-state index in [0.29, 0.717) is 12.5 Å². The quantitative estimate of drug-likeness (QED) is 0.627. The summed E-state index contributed by atoms with van der Waals surface area (Å²) in [5.74, 6) is 0.363. The van der Waals surface area contributed by atoms with Gasteiger partial charge >= 0.3 is 0 Å². The van der Waals surface area contributed by atoms with Gasteiger partial charge < -0.3 is 11.1 Å². The summed E-state index contributed by atoms with van der Waals surface area (Å²) in [6.07, 6.45) is 0.724. The number of nitrogens with one attached hydrogen (secondary N) is 1. The molecule has 0 aromatic heterocycles. The van der Waals surface area contributed by atoms with E-state index in [4.69, 9.17) is 5.73 Å². The van der Waals surface area contributed by atoms with Crippen molar-refractivity contribution in [1.29, 1.82) is 0 Å². The maximum absolute atomic E-state index is 11.3. The van der Waals surface area contributed by atoms with Gasteiger partial charge in [0.15, 0.2) is 0 Å². The third kappa shape index (κ3) is 6.34. The van der Waals surface area contributed by atoms with E-state index in [1.807, 2.05) is 20.8 Å². The summed E-state index contributed by atoms with van der Waals surface area (Å²) in [4.78, 5) is 11.3. The second-order valence-corrected chi connectivity index (χ2v) is 3.91. The molecule has 1 atom stereocenters. The molecular weight excluding hydrogens is 164 g/mol. The van der Waals surface area contributed by atoms with Gasteiger partial charge in [-0.05, 0) is 19.3 Å². The monoisotopic (exact) mass is 184 g/mol. The van der Waals surface area contributed by atoms with Crippen LogP contribution < -0.4 is 11.1 Å². The number of nitrogens with two attached hydrogens (primary N) is 1. The van der Waals surface area contributed by atoms with E-state index in [2.05, 4.69) is 11.9 Å². The van der Waals surface area contributed by atoms with E-state index in [-0.39, 0.29) is 11.9 Å². The van der Waals surface area contributed by atoms with Crippen molar-refractivity contribution in [3.8, 4) is 0 Å². The van der Waals surface area contributed by atoms with Gasteiger partial charge in [0.05, 0.1) is 6.04 Å². The Kier molecular flexibility index (Phi) is 5.39. The second-order valence-electron chi connectivity index (χ2n) is 3.91. The van der Waals surface area contributed by atoms with E-state index >= 15 is 0 Å². The highest BCUT2D eigenvalue weighted by molar-refractivity contribution is 5.81. The molecule has 3 nitrogen and oxygen atoms in total. The molecule has 0 aliphatic carbocycles. The topological polar surface area (TPSA) is 55.1 Å². The first-order valence-corrected chi connectivity index (χ1v) is 4.61. The van der Waals surface area contributed by atoms with Crippen molar-refractivity contribution in [3.05, 3.63) is 12.2 Å². The van der Waals surface area contributed by atoms with Crippen LogP contribution in [0.1, 0.15) is 27.2 Å². The molecular formula is C10H20N2O. The molecule has 76 valence electrons. The molecule has 0 spiro atoms. The van der Waals surface area contributed by atoms with Crippen molar-refractivity contribution in [3.63, 3.8) is 0 Å². The molecule has 0 heterocycles. The molecule has 0 radical (unpaired) electrons. The van der Waals surface area contributed by atoms with Gasteiger partial charge in [0, 0.05) is 6.54 Å². The highest BCUT2D eigenvalue weighted by Gasteiger charge is 2.13. The summed E-state index contributed by atoms with van der Waals surface area (Å²) in [6, 6.07) is -0.389. The Morgan fingerprint density at radius 2 is 2.08 bits per heavy atom. The van der Waals surface area contributed by atoms with Gasteiger partial charge in [0.2, 0.25) is 5.91 Å². The van der Waals surface area contributed by atoms with E-state index in [1.165, 1.54) is 0 Å². The number of hydrogen-bond donors (Lipinski definition) is 2. The van der Waals surface area contributed by atoms with Gasteiger partial charge in [-0.3, -0.25) is 4.79 Å². The first kappa shape index (κ1) is 12.2. The third-order valence-electron chi connectivity index (χ3n) is 1.63. The Bertz CT molecular complexity index is 187. The lowest BCUT2D eigenvalue weighted by Crippen LogP contribution is -2.41. The molecule has 1 amide bonds. The lowest BCUT2D eigenvalue weighted by Gasteiger charge is -2.13. The minimum Gasteiger partial charge on any atom is -0.351 e. The molecule has 0 aliphatic heterocycles. The Labute approximate surface area is 80.4 Å². The Hall–Kier alpha value is -0.830. The SMILES string of the molecule is C=C(C)CNC(=O)[C@H](N)CC(C)C. The van der Waals surface area contributed by atoms with Crippen LogP contribution in [0.3, 0.4) is 0 Å². The van der Waals surface area contributed by atoms with E-state index < -0.39 is 0 Å². The molecule has 3 heteroatoms. The highest BCUT2D eigenvalue weighted by Crippen LogP contribution is 2.02. The summed E-state index contributed by atoms with van der Waals surface area (Å²) in [6.45, 7) is 10.2. The zero-order valence-electron chi connectivity index (χ0n) is 8.76. The Morgan fingerprint density at radius 3 is 2.46 bits per heavy atom. The van der Waals surface area contributed by atoms with E-state index in [9.17, 15) is 4.79 Å². The van der Waals surface area contributed by atoms with E-state index in [0.717, 1.165) is 12.0 Å². The van der Waals surface area contributed by atoms with E-state index in [1.54, 1.807) is 0 Å². The fraction of sp³-hybridized carbons (Fsp3) is 0.700. The number of amides is 1. The minimum atomic E-state index is -0.389. The van der Waals surface area contributed by atoms with Gasteiger partial charge in [0.1, 0.15) is 0 Å². The van der Waals surface area contributed by atoms with Gasteiger partial charge in [-0.2, -0.15) is 0 Å². The zero-order chi connectivity index (χ0) is 10.4. The molecule has 0 saturated carbocycles. The molecule has 0 unspecified atom stereocenters. The summed E-state index contributed by atoms with van der Waals surface area (Å²) >= 11 is 0. The predicted octanol–water partition coefficient (Wildman–Crippen LogP) is 1.05. The third-order valence-corrected chi connectivity index (χ3v) is 1.63. The second kappa shape index (κ2) is 5.75. The minimum absolute atomic E-state index is 0.0864. The van der Waals surface area contributed by atoms with Crippen molar-refractivity contribution in [1.82, 2.24) is 5.32 Å². The Balaban J connectivity index is 3.76. The van der Waals surface area contributed by atoms with Crippen molar-refractivity contribution in [2.24, 2.45) is 11.7 Å². The number of rotatable bonds is 5. The van der Waals surface area contributed by atoms with Crippen molar-refractivity contribution < 1.29 is 4.79 Å². The fourth-order valence-corrected chi connectivity index (χ4v) is 0.984. The fourth-order valence-electron chi connectivity index (χ4n) is 0.984. The maximum Gasteiger partial charge on any atom is 0.237 e. The first-order chi connectivity index (χ1) is 5.93. The molecule has 0 saturated heterocycles. The molecule has 0 fully saturated rings. The van der Waals surface area contributed by atoms with Crippen molar-refractivity contribution >= 4 is 5.91 Å². The van der Waals surface area contributed by atoms with Crippen LogP contribution in [0.5, 0.6) is 0 Å². The molecule has 0 aliphatic rings. The smallest absolute Gasteiger partial charge is 0.237 e. The van der Waals surface area contributed by atoms with Crippen LogP contribution in [0.2, 0.25) is 0 Å². The molecule has 3 N–H and O–H groups in total. The maximum atomic E-state index is 11.3. The zero-order valence-corrected chi connectivity index (χ0v) is 8.76. The average molecular weight is 184 g/mol. The Morgan fingerprint density at radius 1 is 1.54 bits per heavy atom. The highest BCUT2D eigenvalue weighted by atomic mass is 16.2. The van der Waals surface area contributed by atoms with Gasteiger partial charge in [0.25, 0.3) is 0 Å². The lowest BCUT2D eigenvalue weighted by atomic mass is 10.0. The van der Waals surface area contributed by atoms with Crippen molar-refractivity contribution in [2.75, 3.05) is 6.54 Å². The van der Waals surface area contributed by atoms with Crippen LogP contribution in [0.4, 0.5) is 0 Å². The predicted molar refractivity (Wildman–Crippen MR) is 55.3 cm³/mol. The summed E-state index contributed by atoms with van der Waals surface area (Å²) in [5.41, 5.74) is 6.60. The van der Waals surface area contributed by atoms with Gasteiger partial charge in [-0.1, -0.05) is 26.0 Å². The summed E-state index contributed by atoms with van der Waals surface area (Å²) in [7, 11) is 0. The van der Waals surface area contributed by atoms with Gasteiger partial charge in [-0.25, -0.2) is 0 Å². The normalized spacial score (nSPS) is 12.7. The van der Waals surface area contributed by atoms with Crippen LogP contribution in [0.15, 0.2) is 12.2 Å². The number of carbonyl (C=O) groups is 1. The summed E-state index contributed by atoms with van der Waals surface area (Å²) < 4.78 is 0.